The van der Waals surface area contributed by atoms with E-state index in [-0.39, 0.29) is 0 Å². The van der Waals surface area contributed by atoms with Gasteiger partial charge in [0.2, 0.25) is 0 Å². The van der Waals surface area contributed by atoms with E-state index in [4.69, 9.17) is 9.84 Å². The lowest BCUT2D eigenvalue weighted by Gasteiger charge is -2.03. The van der Waals surface area contributed by atoms with Crippen LogP contribution in [0.4, 0.5) is 0 Å². The zero-order chi connectivity index (χ0) is 11.5. The van der Waals surface area contributed by atoms with Gasteiger partial charge in [0, 0.05) is 30.8 Å². The first kappa shape index (κ1) is 10.7. The minimum atomic E-state index is -0.896. The van der Waals surface area contributed by atoms with Crippen LogP contribution in [0.25, 0.3) is 10.9 Å². The third-order valence-electron chi connectivity index (χ3n) is 2.56. The predicted molar refractivity (Wildman–Crippen MR) is 60.8 cm³/mol. The Hall–Kier alpha value is -1.81. The molecule has 0 amide bonds. The number of rotatable bonds is 4. The van der Waals surface area contributed by atoms with Gasteiger partial charge in [-0.05, 0) is 6.07 Å². The third kappa shape index (κ3) is 1.79. The molecule has 0 fully saturated rings. The molecule has 0 radical (unpaired) electrons. The fraction of sp³-hybridized carbons (Fsp3) is 0.250. The summed E-state index contributed by atoms with van der Waals surface area (Å²) in [5.74, 6) is -0.896. The number of benzene rings is 1. The summed E-state index contributed by atoms with van der Waals surface area (Å²) in [5, 5.41) is 9.85. The van der Waals surface area contributed by atoms with E-state index < -0.39 is 5.97 Å². The lowest BCUT2D eigenvalue weighted by atomic mass is 10.2. The van der Waals surface area contributed by atoms with Gasteiger partial charge in [-0.15, -0.1) is 0 Å². The van der Waals surface area contributed by atoms with Crippen LogP contribution in [0.2, 0.25) is 0 Å². The van der Waals surface area contributed by atoms with Crippen LogP contribution in [0, 0.1) is 0 Å². The van der Waals surface area contributed by atoms with Crippen LogP contribution in [0.1, 0.15) is 10.4 Å². The number of nitrogens with zero attached hydrogens (tertiary/aromatic N) is 1. The third-order valence-corrected chi connectivity index (χ3v) is 2.56. The normalized spacial score (nSPS) is 10.8. The number of carboxylic acid groups (broad SMARTS) is 1. The molecule has 1 heterocycles. The number of aromatic carboxylic acids is 1. The van der Waals surface area contributed by atoms with Crippen LogP contribution in [0.5, 0.6) is 0 Å². The highest BCUT2D eigenvalue weighted by atomic mass is 16.5. The standard InChI is InChI=1S/C12H13NO3/c1-16-7-6-13-8-10(12(14)15)9-4-2-3-5-11(9)13/h2-5,8H,6-7H2,1H3,(H,14,15). The molecule has 84 valence electrons. The molecule has 4 heteroatoms. The fourth-order valence-electron chi connectivity index (χ4n) is 1.79. The predicted octanol–water partition coefficient (Wildman–Crippen LogP) is 1.99. The SMILES string of the molecule is COCCn1cc(C(=O)O)c2ccccc21. The fourth-order valence-corrected chi connectivity index (χ4v) is 1.79. The second-order valence-corrected chi connectivity index (χ2v) is 3.55. The lowest BCUT2D eigenvalue weighted by Crippen LogP contribution is -2.02. The monoisotopic (exact) mass is 219 g/mol. The highest BCUT2D eigenvalue weighted by Crippen LogP contribution is 2.21. The molecule has 0 unspecified atom stereocenters. The number of hydrogen-bond acceptors (Lipinski definition) is 2. The molecule has 2 rings (SSSR count). The van der Waals surface area contributed by atoms with Gasteiger partial charge in [0.25, 0.3) is 0 Å². The molecular formula is C12H13NO3. The van der Waals surface area contributed by atoms with Gasteiger partial charge in [-0.2, -0.15) is 0 Å². The summed E-state index contributed by atoms with van der Waals surface area (Å²) in [6, 6.07) is 7.48. The molecule has 0 bridgehead atoms. The Balaban J connectivity index is 2.53. The average Bonchev–Trinajstić information content (AvgIpc) is 2.65. The van der Waals surface area contributed by atoms with Crippen molar-refractivity contribution in [2.24, 2.45) is 0 Å². The Bertz CT molecular complexity index is 516. The lowest BCUT2D eigenvalue weighted by molar-refractivity contribution is 0.0698. The van der Waals surface area contributed by atoms with Gasteiger partial charge >= 0.3 is 5.97 Å². The molecule has 0 atom stereocenters. The molecule has 0 aliphatic carbocycles. The van der Waals surface area contributed by atoms with Gasteiger partial charge in [0.1, 0.15) is 0 Å². The molecule has 1 N–H and O–H groups in total. The summed E-state index contributed by atoms with van der Waals surface area (Å²) in [4.78, 5) is 11.1. The maximum absolute atomic E-state index is 11.1. The summed E-state index contributed by atoms with van der Waals surface area (Å²) in [5.41, 5.74) is 1.27. The summed E-state index contributed by atoms with van der Waals surface area (Å²) in [6.45, 7) is 1.22. The average molecular weight is 219 g/mol. The van der Waals surface area contributed by atoms with Crippen LogP contribution in [-0.4, -0.2) is 29.4 Å². The van der Waals surface area contributed by atoms with Gasteiger partial charge in [-0.1, -0.05) is 18.2 Å². The first-order valence-electron chi connectivity index (χ1n) is 5.04. The zero-order valence-corrected chi connectivity index (χ0v) is 9.01. The van der Waals surface area contributed by atoms with Crippen LogP contribution >= 0.6 is 0 Å². The number of aromatic nitrogens is 1. The molecule has 0 aliphatic heterocycles. The number of hydrogen-bond donors (Lipinski definition) is 1. The van der Waals surface area contributed by atoms with Crippen LogP contribution in [-0.2, 0) is 11.3 Å². The number of carboxylic acids is 1. The summed E-state index contributed by atoms with van der Waals surface area (Å²) in [7, 11) is 1.63. The molecule has 0 aliphatic rings. The molecule has 1 aromatic carbocycles. The van der Waals surface area contributed by atoms with Crippen LogP contribution < -0.4 is 0 Å². The Morgan fingerprint density at radius 2 is 2.19 bits per heavy atom. The maximum atomic E-state index is 11.1. The largest absolute Gasteiger partial charge is 0.478 e. The molecule has 0 saturated heterocycles. The van der Waals surface area contributed by atoms with Crippen molar-refractivity contribution in [3.05, 3.63) is 36.0 Å². The van der Waals surface area contributed by atoms with Gasteiger partial charge in [0.05, 0.1) is 12.2 Å². The zero-order valence-electron chi connectivity index (χ0n) is 9.01. The van der Waals surface area contributed by atoms with E-state index in [1.165, 1.54) is 0 Å². The first-order valence-corrected chi connectivity index (χ1v) is 5.04. The summed E-state index contributed by atoms with van der Waals surface area (Å²) in [6.07, 6.45) is 1.66. The van der Waals surface area contributed by atoms with Crippen LogP contribution in [0.15, 0.2) is 30.5 Å². The topological polar surface area (TPSA) is 51.5 Å². The molecule has 0 saturated carbocycles. The smallest absolute Gasteiger partial charge is 0.337 e. The van der Waals surface area contributed by atoms with Crippen molar-refractivity contribution in [3.63, 3.8) is 0 Å². The maximum Gasteiger partial charge on any atom is 0.337 e. The van der Waals surface area contributed by atoms with Crippen molar-refractivity contribution in [3.8, 4) is 0 Å². The van der Waals surface area contributed by atoms with Crippen molar-refractivity contribution in [1.82, 2.24) is 4.57 Å². The number of ether oxygens (including phenoxy) is 1. The Morgan fingerprint density at radius 3 is 2.88 bits per heavy atom. The van der Waals surface area contributed by atoms with E-state index >= 15 is 0 Å². The van der Waals surface area contributed by atoms with Gasteiger partial charge in [-0.3, -0.25) is 0 Å². The van der Waals surface area contributed by atoms with E-state index in [9.17, 15) is 4.79 Å². The highest BCUT2D eigenvalue weighted by molar-refractivity contribution is 6.03. The van der Waals surface area contributed by atoms with Crippen molar-refractivity contribution >= 4 is 16.9 Å². The highest BCUT2D eigenvalue weighted by Gasteiger charge is 2.12. The molecule has 2 aromatic rings. The minimum absolute atomic E-state index is 0.340. The summed E-state index contributed by atoms with van der Waals surface area (Å²) >= 11 is 0. The molecule has 16 heavy (non-hydrogen) atoms. The molecule has 4 nitrogen and oxygen atoms in total. The summed E-state index contributed by atoms with van der Waals surface area (Å²) < 4.78 is 6.90. The minimum Gasteiger partial charge on any atom is -0.478 e. The molecular weight excluding hydrogens is 206 g/mol. The molecule has 1 aromatic heterocycles. The Morgan fingerprint density at radius 1 is 1.44 bits per heavy atom. The van der Waals surface area contributed by atoms with Gasteiger partial charge in [-0.25, -0.2) is 4.79 Å². The van der Waals surface area contributed by atoms with Crippen molar-refractivity contribution < 1.29 is 14.6 Å². The first-order chi connectivity index (χ1) is 7.74. The number of methoxy groups -OCH3 is 1. The quantitative estimate of drug-likeness (QED) is 0.855. The van der Waals surface area contributed by atoms with Crippen molar-refractivity contribution in [1.29, 1.82) is 0 Å². The Labute approximate surface area is 93.1 Å². The second-order valence-electron chi connectivity index (χ2n) is 3.55. The van der Waals surface area contributed by atoms with Crippen molar-refractivity contribution in [2.45, 2.75) is 6.54 Å². The van der Waals surface area contributed by atoms with Gasteiger partial charge in [0.15, 0.2) is 0 Å². The van der Waals surface area contributed by atoms with Crippen LogP contribution in [0.3, 0.4) is 0 Å². The van der Waals surface area contributed by atoms with E-state index in [1.807, 2.05) is 28.8 Å². The van der Waals surface area contributed by atoms with E-state index in [0.29, 0.717) is 18.7 Å². The number of fused-ring (bicyclic) bond motifs is 1. The number of carbonyl (C=O) groups is 1. The van der Waals surface area contributed by atoms with Gasteiger partial charge < -0.3 is 14.4 Å². The number of para-hydroxylation sites is 1. The van der Waals surface area contributed by atoms with Crippen molar-refractivity contribution in [2.75, 3.05) is 13.7 Å². The molecule has 0 spiro atoms. The van der Waals surface area contributed by atoms with E-state index in [0.717, 1.165) is 10.9 Å². The van der Waals surface area contributed by atoms with E-state index in [2.05, 4.69) is 0 Å². The second kappa shape index (κ2) is 4.37. The van der Waals surface area contributed by atoms with E-state index in [1.54, 1.807) is 13.3 Å². The Kier molecular flexibility index (Phi) is 2.92.